The molecule has 0 bridgehead atoms. The van der Waals surface area contributed by atoms with Crippen LogP contribution in [0.5, 0.6) is 0 Å². The average molecular weight is 183 g/mol. The quantitative estimate of drug-likeness (QED) is 0.579. The smallest absolute Gasteiger partial charge is 0.325 e. The third-order valence-electron chi connectivity index (χ3n) is 1.53. The van der Waals surface area contributed by atoms with Gasteiger partial charge in [-0.25, -0.2) is 8.78 Å². The van der Waals surface area contributed by atoms with Gasteiger partial charge in [0, 0.05) is 0 Å². The SMILES string of the molecule is COC(=O)[C@H](N)[C@](C)(O)C(F)F. The van der Waals surface area contributed by atoms with Crippen LogP contribution < -0.4 is 5.73 Å². The number of alkyl halides is 2. The summed E-state index contributed by atoms with van der Waals surface area (Å²) in [4.78, 5) is 10.6. The number of halogens is 2. The van der Waals surface area contributed by atoms with Crippen molar-refractivity contribution in [1.29, 1.82) is 0 Å². The van der Waals surface area contributed by atoms with Crippen LogP contribution in [0.4, 0.5) is 8.78 Å². The number of aliphatic hydroxyl groups is 1. The summed E-state index contributed by atoms with van der Waals surface area (Å²) in [7, 11) is 1.00. The predicted octanol–water partition coefficient (Wildman–Crippen LogP) is -0.497. The first-order chi connectivity index (χ1) is 5.34. The predicted molar refractivity (Wildman–Crippen MR) is 36.6 cm³/mol. The minimum atomic E-state index is -3.09. The largest absolute Gasteiger partial charge is 0.468 e. The van der Waals surface area contributed by atoms with Crippen LogP contribution in [0.15, 0.2) is 0 Å². The number of hydrogen-bond donors (Lipinski definition) is 2. The van der Waals surface area contributed by atoms with Gasteiger partial charge < -0.3 is 15.6 Å². The molecule has 2 atom stereocenters. The molecule has 6 heteroatoms. The van der Waals surface area contributed by atoms with E-state index in [1.165, 1.54) is 0 Å². The Hall–Kier alpha value is -0.750. The molecule has 0 unspecified atom stereocenters. The van der Waals surface area contributed by atoms with Crippen molar-refractivity contribution in [1.82, 2.24) is 0 Å². The molecule has 72 valence electrons. The Balaban J connectivity index is 4.45. The van der Waals surface area contributed by atoms with E-state index in [2.05, 4.69) is 4.74 Å². The maximum Gasteiger partial charge on any atom is 0.325 e. The topological polar surface area (TPSA) is 72.5 Å². The molecule has 3 N–H and O–H groups in total. The van der Waals surface area contributed by atoms with Crippen molar-refractivity contribution in [2.24, 2.45) is 5.73 Å². The second kappa shape index (κ2) is 3.77. The van der Waals surface area contributed by atoms with Crippen LogP contribution in [-0.2, 0) is 9.53 Å². The van der Waals surface area contributed by atoms with Crippen LogP contribution in [0.25, 0.3) is 0 Å². The van der Waals surface area contributed by atoms with Gasteiger partial charge in [0.25, 0.3) is 6.43 Å². The molecule has 4 nitrogen and oxygen atoms in total. The summed E-state index contributed by atoms with van der Waals surface area (Å²) >= 11 is 0. The van der Waals surface area contributed by atoms with Gasteiger partial charge in [-0.05, 0) is 6.92 Å². The molecule has 0 aromatic rings. The Morgan fingerprint density at radius 3 is 2.33 bits per heavy atom. The van der Waals surface area contributed by atoms with E-state index in [9.17, 15) is 13.6 Å². The number of rotatable bonds is 3. The highest BCUT2D eigenvalue weighted by atomic mass is 19.3. The lowest BCUT2D eigenvalue weighted by molar-refractivity contribution is -0.158. The summed E-state index contributed by atoms with van der Waals surface area (Å²) in [6.07, 6.45) is -3.09. The lowest BCUT2D eigenvalue weighted by Crippen LogP contribution is -2.55. The monoisotopic (exact) mass is 183 g/mol. The van der Waals surface area contributed by atoms with Crippen molar-refractivity contribution in [2.45, 2.75) is 25.0 Å². The van der Waals surface area contributed by atoms with Crippen LogP contribution in [0.1, 0.15) is 6.92 Å². The van der Waals surface area contributed by atoms with Gasteiger partial charge in [-0.15, -0.1) is 0 Å². The second-order valence-electron chi connectivity index (χ2n) is 2.53. The average Bonchev–Trinajstić information content (AvgIpc) is 2.01. The third kappa shape index (κ3) is 2.12. The Morgan fingerprint density at radius 1 is 1.67 bits per heavy atom. The molecule has 0 aliphatic rings. The standard InChI is InChI=1S/C6H11F2NO3/c1-6(11,5(7)8)3(9)4(10)12-2/h3,5,11H,9H2,1-2H3/t3-,6-/m0/s1. The van der Waals surface area contributed by atoms with Crippen molar-refractivity contribution in [3.63, 3.8) is 0 Å². The van der Waals surface area contributed by atoms with Gasteiger partial charge in [0.05, 0.1) is 7.11 Å². The number of carbonyl (C=O) groups is 1. The van der Waals surface area contributed by atoms with E-state index in [0.717, 1.165) is 14.0 Å². The van der Waals surface area contributed by atoms with Crippen molar-refractivity contribution in [2.75, 3.05) is 7.11 Å². The van der Waals surface area contributed by atoms with Crippen molar-refractivity contribution in [3.8, 4) is 0 Å². The Bertz CT molecular complexity index is 172. The zero-order valence-corrected chi connectivity index (χ0v) is 6.75. The molecule has 0 aromatic carbocycles. The number of nitrogens with two attached hydrogens (primary N) is 1. The fourth-order valence-electron chi connectivity index (χ4n) is 0.501. The van der Waals surface area contributed by atoms with E-state index in [1.54, 1.807) is 0 Å². The summed E-state index contributed by atoms with van der Waals surface area (Å²) in [6, 6.07) is -1.73. The van der Waals surface area contributed by atoms with Gasteiger partial charge >= 0.3 is 5.97 Å². The lowest BCUT2D eigenvalue weighted by Gasteiger charge is -2.26. The van der Waals surface area contributed by atoms with Gasteiger partial charge in [-0.3, -0.25) is 4.79 Å². The zero-order valence-electron chi connectivity index (χ0n) is 6.75. The van der Waals surface area contributed by atoms with Crippen molar-refractivity contribution < 1.29 is 23.4 Å². The maximum absolute atomic E-state index is 12.0. The molecule has 0 saturated carbocycles. The minimum absolute atomic E-state index is 0.777. The molecule has 0 heterocycles. The molecule has 0 fully saturated rings. The lowest BCUT2D eigenvalue weighted by atomic mass is 9.98. The van der Waals surface area contributed by atoms with Crippen LogP contribution >= 0.6 is 0 Å². The molecule has 0 aromatic heterocycles. The number of hydrogen-bond acceptors (Lipinski definition) is 4. The van der Waals surface area contributed by atoms with E-state index in [0.29, 0.717) is 0 Å². The van der Waals surface area contributed by atoms with Gasteiger partial charge in [0.1, 0.15) is 11.6 Å². The van der Waals surface area contributed by atoms with Gasteiger partial charge in [0.15, 0.2) is 0 Å². The van der Waals surface area contributed by atoms with Crippen molar-refractivity contribution >= 4 is 5.97 Å². The highest BCUT2D eigenvalue weighted by Crippen LogP contribution is 2.18. The normalized spacial score (nSPS) is 18.6. The second-order valence-corrected chi connectivity index (χ2v) is 2.53. The van der Waals surface area contributed by atoms with Crippen LogP contribution in [0.3, 0.4) is 0 Å². The molecular weight excluding hydrogens is 172 g/mol. The first-order valence-corrected chi connectivity index (χ1v) is 3.18. The van der Waals surface area contributed by atoms with E-state index in [-0.39, 0.29) is 0 Å². The first kappa shape index (κ1) is 11.2. The van der Waals surface area contributed by atoms with E-state index in [1.807, 2.05) is 0 Å². The molecule has 0 aliphatic carbocycles. The number of ether oxygens (including phenoxy) is 1. The fourth-order valence-corrected chi connectivity index (χ4v) is 0.501. The highest BCUT2D eigenvalue weighted by molar-refractivity contribution is 5.76. The molecule has 0 rings (SSSR count). The summed E-state index contributed by atoms with van der Waals surface area (Å²) in [5.74, 6) is -1.07. The van der Waals surface area contributed by atoms with Crippen molar-refractivity contribution in [3.05, 3.63) is 0 Å². The number of esters is 1. The molecule has 12 heavy (non-hydrogen) atoms. The van der Waals surface area contributed by atoms with Crippen LogP contribution in [0.2, 0.25) is 0 Å². The Labute approximate surface area is 68.3 Å². The summed E-state index contributed by atoms with van der Waals surface area (Å²) in [6.45, 7) is 0.777. The molecule has 0 spiro atoms. The van der Waals surface area contributed by atoms with Gasteiger partial charge in [0.2, 0.25) is 0 Å². The Kier molecular flexibility index (Phi) is 3.54. The van der Waals surface area contributed by atoms with E-state index in [4.69, 9.17) is 10.8 Å². The minimum Gasteiger partial charge on any atom is -0.468 e. The molecule has 0 radical (unpaired) electrons. The zero-order chi connectivity index (χ0) is 9.94. The maximum atomic E-state index is 12.0. The van der Waals surface area contributed by atoms with Crippen LogP contribution in [0, 0.1) is 0 Å². The fraction of sp³-hybridized carbons (Fsp3) is 0.833. The number of methoxy groups -OCH3 is 1. The van der Waals surface area contributed by atoms with Crippen LogP contribution in [-0.4, -0.2) is 36.3 Å². The highest BCUT2D eigenvalue weighted by Gasteiger charge is 2.43. The molecule has 0 aliphatic heterocycles. The molecular formula is C6H11F2NO3. The molecule has 0 saturated heterocycles. The summed E-state index contributed by atoms with van der Waals surface area (Å²) in [5, 5.41) is 8.99. The van der Waals surface area contributed by atoms with Gasteiger partial charge in [-0.2, -0.15) is 0 Å². The van der Waals surface area contributed by atoms with E-state index < -0.39 is 24.0 Å². The first-order valence-electron chi connectivity index (χ1n) is 3.18. The number of carbonyl (C=O) groups excluding carboxylic acids is 1. The Morgan fingerprint density at radius 2 is 2.08 bits per heavy atom. The third-order valence-corrected chi connectivity index (χ3v) is 1.53. The van der Waals surface area contributed by atoms with Gasteiger partial charge in [-0.1, -0.05) is 0 Å². The summed E-state index contributed by atoms with van der Waals surface area (Å²) < 4.78 is 28.1. The summed E-state index contributed by atoms with van der Waals surface area (Å²) in [5.41, 5.74) is 2.45. The molecule has 0 amide bonds. The van der Waals surface area contributed by atoms with E-state index >= 15 is 0 Å².